The number of likely N-dealkylation sites (tertiary alicyclic amines) is 1. The second-order valence-electron chi connectivity index (χ2n) is 9.58. The number of nitrogens with zero attached hydrogens (tertiary/aromatic N) is 4. The Morgan fingerprint density at radius 3 is 2.74 bits per heavy atom. The number of rotatable bonds is 3. The summed E-state index contributed by atoms with van der Waals surface area (Å²) >= 11 is 0. The highest BCUT2D eigenvalue weighted by atomic mass is 15.4. The normalized spacial score (nSPS) is 26.9. The highest BCUT2D eigenvalue weighted by molar-refractivity contribution is 5.54. The molecule has 0 saturated carbocycles. The van der Waals surface area contributed by atoms with Crippen molar-refractivity contribution < 1.29 is 0 Å². The Labute approximate surface area is 185 Å². The van der Waals surface area contributed by atoms with Gasteiger partial charge in [0.2, 0.25) is 0 Å². The molecule has 3 aliphatic rings. The minimum atomic E-state index is -0.179. The lowest BCUT2D eigenvalue weighted by molar-refractivity contribution is -0.000893. The van der Waals surface area contributed by atoms with E-state index in [2.05, 4.69) is 83.9 Å². The van der Waals surface area contributed by atoms with E-state index in [-0.39, 0.29) is 11.2 Å². The van der Waals surface area contributed by atoms with Crippen LogP contribution in [0.15, 0.2) is 53.4 Å². The average Bonchev–Trinajstić information content (AvgIpc) is 2.98. The standard InChI is InChI=1S/C24H35N7/c1-8-20-18(26-12-19-16(3)22(25)28-14-27-19)11-15(2)21-17(4)29-24(31(20)21)9-10-30(7)23(5,6)13-24/h8,11,14,26,29H,4,9-10,12-13H2,1-3,5-7H3,(H2,25,27,28)/b20-8+. The lowest BCUT2D eigenvalue weighted by Gasteiger charge is -2.53. The number of nitrogens with two attached hydrogens (primary N) is 1. The minimum absolute atomic E-state index is 0.0814. The predicted molar refractivity (Wildman–Crippen MR) is 125 cm³/mol. The van der Waals surface area contributed by atoms with Gasteiger partial charge < -0.3 is 26.2 Å². The Balaban J connectivity index is 1.69. The number of hydrogen-bond acceptors (Lipinski definition) is 7. The van der Waals surface area contributed by atoms with Gasteiger partial charge in [-0.25, -0.2) is 9.97 Å². The smallest absolute Gasteiger partial charge is 0.130 e. The molecule has 0 aliphatic carbocycles. The molecule has 2 fully saturated rings. The zero-order chi connectivity index (χ0) is 22.6. The van der Waals surface area contributed by atoms with E-state index in [0.717, 1.165) is 42.0 Å². The monoisotopic (exact) mass is 421 g/mol. The van der Waals surface area contributed by atoms with Crippen molar-refractivity contribution in [3.05, 3.63) is 64.7 Å². The number of allylic oxidation sites excluding steroid dienone is 3. The quantitative estimate of drug-likeness (QED) is 0.692. The molecule has 166 valence electrons. The molecule has 4 heterocycles. The van der Waals surface area contributed by atoms with Crippen molar-refractivity contribution in [1.29, 1.82) is 0 Å². The minimum Gasteiger partial charge on any atom is -0.383 e. The molecule has 2 saturated heterocycles. The molecule has 1 spiro atoms. The molecule has 7 nitrogen and oxygen atoms in total. The molecular formula is C24H35N7. The summed E-state index contributed by atoms with van der Waals surface area (Å²) in [5.41, 5.74) is 13.4. The van der Waals surface area contributed by atoms with Gasteiger partial charge in [0.15, 0.2) is 0 Å². The van der Waals surface area contributed by atoms with Gasteiger partial charge in [0.1, 0.15) is 17.8 Å². The van der Waals surface area contributed by atoms with Gasteiger partial charge in [-0.1, -0.05) is 12.7 Å². The van der Waals surface area contributed by atoms with Gasteiger partial charge in [-0.3, -0.25) is 0 Å². The molecule has 0 radical (unpaired) electrons. The van der Waals surface area contributed by atoms with E-state index >= 15 is 0 Å². The third kappa shape index (κ3) is 3.41. The van der Waals surface area contributed by atoms with E-state index in [1.807, 2.05) is 6.92 Å². The average molecular weight is 422 g/mol. The van der Waals surface area contributed by atoms with Crippen molar-refractivity contribution >= 4 is 5.82 Å². The summed E-state index contributed by atoms with van der Waals surface area (Å²) in [6, 6.07) is 0. The van der Waals surface area contributed by atoms with Crippen LogP contribution in [0.5, 0.6) is 0 Å². The van der Waals surface area contributed by atoms with Crippen molar-refractivity contribution in [3.63, 3.8) is 0 Å². The Morgan fingerprint density at radius 1 is 1.32 bits per heavy atom. The van der Waals surface area contributed by atoms with E-state index in [4.69, 9.17) is 5.73 Å². The highest BCUT2D eigenvalue weighted by Crippen LogP contribution is 2.48. The number of fused-ring (bicyclic) bond motifs is 2. The summed E-state index contributed by atoms with van der Waals surface area (Å²) in [6.45, 7) is 16.9. The molecule has 1 aromatic heterocycles. The summed E-state index contributed by atoms with van der Waals surface area (Å²) < 4.78 is 0. The fraction of sp³-hybridized carbons (Fsp3) is 0.500. The number of piperidine rings is 1. The molecule has 1 atom stereocenters. The maximum absolute atomic E-state index is 5.98. The Bertz CT molecular complexity index is 1020. The largest absolute Gasteiger partial charge is 0.383 e. The number of nitrogen functional groups attached to an aromatic ring is 1. The van der Waals surface area contributed by atoms with E-state index in [1.54, 1.807) is 0 Å². The Kier molecular flexibility index (Phi) is 5.12. The molecule has 1 aromatic rings. The van der Waals surface area contributed by atoms with Gasteiger partial charge in [-0.2, -0.15) is 0 Å². The van der Waals surface area contributed by atoms with Crippen molar-refractivity contribution in [2.24, 2.45) is 0 Å². The van der Waals surface area contributed by atoms with Gasteiger partial charge in [-0.05, 0) is 53.3 Å². The van der Waals surface area contributed by atoms with Crippen LogP contribution in [-0.2, 0) is 6.54 Å². The molecule has 4 rings (SSSR count). The van der Waals surface area contributed by atoms with E-state index in [1.165, 1.54) is 23.3 Å². The molecular weight excluding hydrogens is 386 g/mol. The molecule has 31 heavy (non-hydrogen) atoms. The molecule has 7 heteroatoms. The van der Waals surface area contributed by atoms with Gasteiger partial charge in [0.25, 0.3) is 0 Å². The first-order valence-electron chi connectivity index (χ1n) is 11.0. The number of hydrogen-bond donors (Lipinski definition) is 3. The SMILES string of the molecule is C=C1NC2(CCN(C)C(C)(C)C2)N2C1=C(C)C=C(NCc1ncnc(N)c1C)/C2=C\C. The van der Waals surface area contributed by atoms with E-state index in [0.29, 0.717) is 12.4 Å². The fourth-order valence-electron chi connectivity index (χ4n) is 5.17. The van der Waals surface area contributed by atoms with Crippen molar-refractivity contribution in [1.82, 2.24) is 30.4 Å². The van der Waals surface area contributed by atoms with E-state index < -0.39 is 0 Å². The highest BCUT2D eigenvalue weighted by Gasteiger charge is 2.53. The molecule has 4 N–H and O–H groups in total. The van der Waals surface area contributed by atoms with Crippen molar-refractivity contribution in [2.45, 2.75) is 65.2 Å². The third-order valence-electron chi connectivity index (χ3n) is 7.14. The molecule has 1 unspecified atom stereocenters. The lowest BCUT2D eigenvalue weighted by Crippen LogP contribution is -2.63. The van der Waals surface area contributed by atoms with Crippen LogP contribution in [0.1, 0.15) is 51.8 Å². The summed E-state index contributed by atoms with van der Waals surface area (Å²) in [5.74, 6) is 0.529. The molecule has 0 amide bonds. The molecule has 3 aliphatic heterocycles. The summed E-state index contributed by atoms with van der Waals surface area (Å²) in [4.78, 5) is 13.4. The van der Waals surface area contributed by atoms with Gasteiger partial charge >= 0.3 is 0 Å². The topological polar surface area (TPSA) is 82.3 Å². The lowest BCUT2D eigenvalue weighted by atomic mass is 9.81. The van der Waals surface area contributed by atoms with Crippen LogP contribution in [0.4, 0.5) is 5.82 Å². The first-order chi connectivity index (χ1) is 14.6. The first kappa shape index (κ1) is 21.4. The van der Waals surface area contributed by atoms with Crippen LogP contribution < -0.4 is 16.4 Å². The van der Waals surface area contributed by atoms with Gasteiger partial charge in [0, 0.05) is 30.5 Å². The molecule has 0 bridgehead atoms. The number of nitrogens with one attached hydrogen (secondary N) is 2. The summed E-state index contributed by atoms with van der Waals surface area (Å²) in [5, 5.41) is 7.42. The second-order valence-corrected chi connectivity index (χ2v) is 9.58. The summed E-state index contributed by atoms with van der Waals surface area (Å²) in [7, 11) is 2.22. The zero-order valence-electron chi connectivity index (χ0n) is 19.6. The third-order valence-corrected chi connectivity index (χ3v) is 7.14. The maximum atomic E-state index is 5.98. The number of anilines is 1. The first-order valence-corrected chi connectivity index (χ1v) is 11.0. The van der Waals surface area contributed by atoms with Crippen LogP contribution in [-0.4, -0.2) is 44.6 Å². The fourth-order valence-corrected chi connectivity index (χ4v) is 5.17. The zero-order valence-corrected chi connectivity index (χ0v) is 19.6. The van der Waals surface area contributed by atoms with Crippen LogP contribution in [0.2, 0.25) is 0 Å². The van der Waals surface area contributed by atoms with Crippen molar-refractivity contribution in [3.8, 4) is 0 Å². The Hall–Kier alpha value is -2.80. The predicted octanol–water partition coefficient (Wildman–Crippen LogP) is 3.15. The number of aromatic nitrogens is 2. The molecule has 0 aromatic carbocycles. The maximum Gasteiger partial charge on any atom is 0.130 e. The van der Waals surface area contributed by atoms with Crippen molar-refractivity contribution in [2.75, 3.05) is 19.3 Å². The van der Waals surface area contributed by atoms with E-state index in [9.17, 15) is 0 Å². The van der Waals surface area contributed by atoms with Crippen LogP contribution >= 0.6 is 0 Å². The van der Waals surface area contributed by atoms with Gasteiger partial charge in [0.05, 0.1) is 35.0 Å². The van der Waals surface area contributed by atoms with Crippen LogP contribution in [0.25, 0.3) is 0 Å². The second kappa shape index (κ2) is 7.41. The Morgan fingerprint density at radius 2 is 2.06 bits per heavy atom. The van der Waals surface area contributed by atoms with Gasteiger partial charge in [-0.15, -0.1) is 0 Å². The summed E-state index contributed by atoms with van der Waals surface area (Å²) in [6.07, 6.45) is 7.96. The van der Waals surface area contributed by atoms with Crippen LogP contribution in [0, 0.1) is 6.92 Å². The van der Waals surface area contributed by atoms with Crippen LogP contribution in [0.3, 0.4) is 0 Å².